The van der Waals surface area contributed by atoms with E-state index in [-0.39, 0.29) is 5.91 Å². The van der Waals surface area contributed by atoms with Gasteiger partial charge in [-0.1, -0.05) is 41.6 Å². The summed E-state index contributed by atoms with van der Waals surface area (Å²) in [5, 5.41) is 13.5. The minimum atomic E-state index is -0.449. The van der Waals surface area contributed by atoms with Gasteiger partial charge in [-0.15, -0.1) is 5.10 Å². The molecule has 1 unspecified atom stereocenters. The average molecular weight is 365 g/mol. The number of amides is 1. The number of ether oxygens (including phenoxy) is 1. The van der Waals surface area contributed by atoms with Crippen LogP contribution in [-0.2, 0) is 16.1 Å². The van der Waals surface area contributed by atoms with Gasteiger partial charge in [0.2, 0.25) is 5.91 Å². The van der Waals surface area contributed by atoms with Crippen molar-refractivity contribution in [1.82, 2.24) is 19.9 Å². The standard InChI is InChI=1S/C20H23N5O2/c1-15(25-14-17(22-23-25)13-24-9-11-27-12-10-24)20(26)21-19-8-4-6-16-5-2-3-7-18(16)19/h2-8,14-15H,9-13H2,1H3,(H,21,26). The maximum absolute atomic E-state index is 12.7. The molecule has 1 N–H and O–H groups in total. The number of rotatable bonds is 5. The van der Waals surface area contributed by atoms with Crippen molar-refractivity contribution in [3.05, 3.63) is 54.4 Å². The molecule has 7 nitrogen and oxygen atoms in total. The van der Waals surface area contributed by atoms with E-state index in [9.17, 15) is 4.79 Å². The summed E-state index contributed by atoms with van der Waals surface area (Å²) in [6, 6.07) is 13.4. The van der Waals surface area contributed by atoms with E-state index in [0.29, 0.717) is 0 Å². The van der Waals surface area contributed by atoms with Crippen molar-refractivity contribution in [1.29, 1.82) is 0 Å². The van der Waals surface area contributed by atoms with E-state index in [2.05, 4.69) is 20.5 Å². The second-order valence-corrected chi connectivity index (χ2v) is 6.77. The van der Waals surface area contributed by atoms with Crippen LogP contribution in [-0.4, -0.2) is 52.1 Å². The molecule has 1 atom stereocenters. The van der Waals surface area contributed by atoms with Gasteiger partial charge in [-0.05, 0) is 18.4 Å². The summed E-state index contributed by atoms with van der Waals surface area (Å²) in [6.07, 6.45) is 1.85. The summed E-state index contributed by atoms with van der Waals surface area (Å²) in [6.45, 7) is 5.83. The van der Waals surface area contributed by atoms with Crippen molar-refractivity contribution >= 4 is 22.4 Å². The molecule has 1 fully saturated rings. The van der Waals surface area contributed by atoms with E-state index < -0.39 is 6.04 Å². The van der Waals surface area contributed by atoms with Crippen LogP contribution in [0.25, 0.3) is 10.8 Å². The Morgan fingerprint density at radius 1 is 1.19 bits per heavy atom. The molecule has 1 aliphatic rings. The number of fused-ring (bicyclic) bond motifs is 1. The van der Waals surface area contributed by atoms with Crippen LogP contribution in [0.15, 0.2) is 48.7 Å². The molecule has 1 saturated heterocycles. The molecule has 0 spiro atoms. The van der Waals surface area contributed by atoms with Crippen LogP contribution < -0.4 is 5.32 Å². The number of nitrogens with one attached hydrogen (secondary N) is 1. The average Bonchev–Trinajstić information content (AvgIpc) is 3.17. The van der Waals surface area contributed by atoms with Gasteiger partial charge in [-0.25, -0.2) is 4.68 Å². The van der Waals surface area contributed by atoms with Crippen LogP contribution in [0.5, 0.6) is 0 Å². The normalized spacial score (nSPS) is 16.3. The minimum absolute atomic E-state index is 0.117. The Labute approximate surface area is 157 Å². The van der Waals surface area contributed by atoms with Crippen molar-refractivity contribution in [2.45, 2.75) is 19.5 Å². The summed E-state index contributed by atoms with van der Waals surface area (Å²) in [5.74, 6) is -0.117. The zero-order valence-corrected chi connectivity index (χ0v) is 15.3. The van der Waals surface area contributed by atoms with Crippen LogP contribution in [0.4, 0.5) is 5.69 Å². The first-order chi connectivity index (χ1) is 13.2. The van der Waals surface area contributed by atoms with Crippen molar-refractivity contribution in [3.8, 4) is 0 Å². The molecule has 2 aromatic carbocycles. The fourth-order valence-electron chi connectivity index (χ4n) is 3.26. The number of carbonyl (C=O) groups excluding carboxylic acids is 1. The third kappa shape index (κ3) is 3.99. The first kappa shape index (κ1) is 17.6. The minimum Gasteiger partial charge on any atom is -0.379 e. The fraction of sp³-hybridized carbons (Fsp3) is 0.350. The molecule has 7 heteroatoms. The lowest BCUT2D eigenvalue weighted by Gasteiger charge is -2.25. The highest BCUT2D eigenvalue weighted by Gasteiger charge is 2.19. The van der Waals surface area contributed by atoms with Gasteiger partial charge in [0.25, 0.3) is 0 Å². The molecule has 0 radical (unpaired) electrons. The van der Waals surface area contributed by atoms with Crippen molar-refractivity contribution in [2.75, 3.05) is 31.6 Å². The molecule has 2 heterocycles. The number of hydrogen-bond donors (Lipinski definition) is 1. The Kier molecular flexibility index (Phi) is 5.13. The summed E-state index contributed by atoms with van der Waals surface area (Å²) < 4.78 is 6.98. The van der Waals surface area contributed by atoms with Crippen molar-refractivity contribution < 1.29 is 9.53 Å². The molecular weight excluding hydrogens is 342 g/mol. The third-order valence-electron chi connectivity index (χ3n) is 4.87. The molecule has 4 rings (SSSR count). The summed E-state index contributed by atoms with van der Waals surface area (Å²) >= 11 is 0. The molecule has 1 aromatic heterocycles. The van der Waals surface area contributed by atoms with E-state index >= 15 is 0 Å². The lowest BCUT2D eigenvalue weighted by Crippen LogP contribution is -2.35. The highest BCUT2D eigenvalue weighted by atomic mass is 16.5. The molecule has 140 valence electrons. The van der Waals surface area contributed by atoms with Gasteiger partial charge in [-0.2, -0.15) is 0 Å². The van der Waals surface area contributed by atoms with Gasteiger partial charge in [0.1, 0.15) is 6.04 Å². The predicted molar refractivity (Wildman–Crippen MR) is 103 cm³/mol. The first-order valence-electron chi connectivity index (χ1n) is 9.20. The summed E-state index contributed by atoms with van der Waals surface area (Å²) in [5.41, 5.74) is 1.67. The molecule has 27 heavy (non-hydrogen) atoms. The second kappa shape index (κ2) is 7.85. The maximum atomic E-state index is 12.7. The molecule has 0 saturated carbocycles. The number of aromatic nitrogens is 3. The Morgan fingerprint density at radius 2 is 1.96 bits per heavy atom. The van der Waals surface area contributed by atoms with E-state index in [1.54, 1.807) is 4.68 Å². The van der Waals surface area contributed by atoms with E-state index in [1.807, 2.05) is 55.6 Å². The van der Waals surface area contributed by atoms with E-state index in [0.717, 1.165) is 55.0 Å². The van der Waals surface area contributed by atoms with Crippen LogP contribution in [0.3, 0.4) is 0 Å². The molecule has 3 aromatic rings. The molecule has 1 aliphatic heterocycles. The van der Waals surface area contributed by atoms with E-state index in [1.165, 1.54) is 0 Å². The van der Waals surface area contributed by atoms with Crippen LogP contribution in [0.2, 0.25) is 0 Å². The Morgan fingerprint density at radius 3 is 2.81 bits per heavy atom. The molecule has 1 amide bonds. The topological polar surface area (TPSA) is 72.3 Å². The fourth-order valence-corrected chi connectivity index (χ4v) is 3.26. The lowest BCUT2D eigenvalue weighted by molar-refractivity contribution is -0.119. The van der Waals surface area contributed by atoms with Crippen LogP contribution in [0.1, 0.15) is 18.7 Å². The van der Waals surface area contributed by atoms with Crippen LogP contribution in [0, 0.1) is 0 Å². The first-order valence-corrected chi connectivity index (χ1v) is 9.20. The number of morpholine rings is 1. The largest absolute Gasteiger partial charge is 0.379 e. The Balaban J connectivity index is 1.44. The molecular formula is C20H23N5O2. The number of anilines is 1. The number of nitrogens with zero attached hydrogens (tertiary/aromatic N) is 4. The lowest BCUT2D eigenvalue weighted by atomic mass is 10.1. The monoisotopic (exact) mass is 365 g/mol. The predicted octanol–water partition coefficient (Wildman–Crippen LogP) is 2.46. The van der Waals surface area contributed by atoms with Crippen molar-refractivity contribution in [2.24, 2.45) is 0 Å². The molecule has 0 aliphatic carbocycles. The second-order valence-electron chi connectivity index (χ2n) is 6.77. The quantitative estimate of drug-likeness (QED) is 0.752. The summed E-state index contributed by atoms with van der Waals surface area (Å²) in [7, 11) is 0. The van der Waals surface area contributed by atoms with Crippen LogP contribution >= 0.6 is 0 Å². The van der Waals surface area contributed by atoms with E-state index in [4.69, 9.17) is 4.74 Å². The Bertz CT molecular complexity index is 928. The van der Waals surface area contributed by atoms with Gasteiger partial charge >= 0.3 is 0 Å². The SMILES string of the molecule is CC(C(=O)Nc1cccc2ccccc12)n1cc(CN2CCOCC2)nn1. The summed E-state index contributed by atoms with van der Waals surface area (Å²) in [4.78, 5) is 15.0. The van der Waals surface area contributed by atoms with Gasteiger partial charge in [0.05, 0.1) is 25.1 Å². The maximum Gasteiger partial charge on any atom is 0.249 e. The highest BCUT2D eigenvalue weighted by Crippen LogP contribution is 2.23. The van der Waals surface area contributed by atoms with Gasteiger partial charge in [0, 0.05) is 30.7 Å². The number of carbonyl (C=O) groups is 1. The number of benzene rings is 2. The molecule has 0 bridgehead atoms. The zero-order chi connectivity index (χ0) is 18.6. The highest BCUT2D eigenvalue weighted by molar-refractivity contribution is 6.03. The van der Waals surface area contributed by atoms with Crippen molar-refractivity contribution in [3.63, 3.8) is 0 Å². The zero-order valence-electron chi connectivity index (χ0n) is 15.3. The smallest absolute Gasteiger partial charge is 0.249 e. The third-order valence-corrected chi connectivity index (χ3v) is 4.87. The van der Waals surface area contributed by atoms with Gasteiger partial charge in [-0.3, -0.25) is 9.69 Å². The Hall–Kier alpha value is -2.77. The van der Waals surface area contributed by atoms with Gasteiger partial charge in [0.15, 0.2) is 0 Å². The number of hydrogen-bond acceptors (Lipinski definition) is 5. The van der Waals surface area contributed by atoms with Gasteiger partial charge < -0.3 is 10.1 Å².